The number of hydrogen-bond donors (Lipinski definition) is 2. The second-order valence-corrected chi connectivity index (χ2v) is 6.84. The number of rotatable bonds is 4. The van der Waals surface area contributed by atoms with Crippen molar-refractivity contribution in [2.24, 2.45) is 0 Å². The molecule has 7 nitrogen and oxygen atoms in total. The number of H-pyrrole nitrogens is 1. The van der Waals surface area contributed by atoms with E-state index in [4.69, 9.17) is 4.42 Å². The Morgan fingerprint density at radius 2 is 2.07 bits per heavy atom. The summed E-state index contributed by atoms with van der Waals surface area (Å²) < 4.78 is 5.76. The highest BCUT2D eigenvalue weighted by Gasteiger charge is 2.14. The Balaban J connectivity index is 1.54. The summed E-state index contributed by atoms with van der Waals surface area (Å²) in [6.45, 7) is 2.31. The van der Waals surface area contributed by atoms with Crippen LogP contribution in [-0.4, -0.2) is 32.9 Å². The molecule has 3 aromatic heterocycles. The highest BCUT2D eigenvalue weighted by atomic mass is 16.3. The van der Waals surface area contributed by atoms with Crippen LogP contribution in [0.4, 0.5) is 0 Å². The van der Waals surface area contributed by atoms with Crippen LogP contribution in [0.15, 0.2) is 57.9 Å². The van der Waals surface area contributed by atoms with Crippen LogP contribution in [0.1, 0.15) is 16.9 Å². The van der Waals surface area contributed by atoms with Gasteiger partial charge in [-0.25, -0.2) is 4.98 Å². The van der Waals surface area contributed by atoms with Gasteiger partial charge in [0, 0.05) is 42.9 Å². The van der Waals surface area contributed by atoms with Gasteiger partial charge in [0.05, 0.1) is 5.39 Å². The van der Waals surface area contributed by atoms with E-state index in [1.807, 2.05) is 31.2 Å². The minimum absolute atomic E-state index is 0.155. The molecule has 1 amide bonds. The molecule has 146 valence electrons. The standard InChI is InChI=1S/C22H19N3O4/c1-13-17(15-5-3-4-6-19(15)29-13)12-25(2)21(28)8-7-14-9-16-18(26)10-20(27)24-22(16)23-11-14/h3-11H,12H2,1-2H3,(H2,23,24,26,27)/b8-7+. The van der Waals surface area contributed by atoms with Crippen LogP contribution in [0.2, 0.25) is 0 Å². The third-order valence-electron chi connectivity index (χ3n) is 4.78. The number of fused-ring (bicyclic) bond motifs is 2. The van der Waals surface area contributed by atoms with E-state index in [1.165, 1.54) is 12.3 Å². The molecule has 0 spiro atoms. The molecule has 0 bridgehead atoms. The molecule has 0 radical (unpaired) electrons. The van der Waals surface area contributed by atoms with Gasteiger partial charge in [0.25, 0.3) is 5.56 Å². The lowest BCUT2D eigenvalue weighted by molar-refractivity contribution is -0.125. The Morgan fingerprint density at radius 3 is 2.90 bits per heavy atom. The van der Waals surface area contributed by atoms with Crippen LogP contribution in [-0.2, 0) is 11.3 Å². The number of pyridine rings is 2. The number of hydrogen-bond acceptors (Lipinski definition) is 5. The summed E-state index contributed by atoms with van der Waals surface area (Å²) in [6, 6.07) is 10.5. The normalized spacial score (nSPS) is 11.5. The zero-order valence-corrected chi connectivity index (χ0v) is 16.0. The first-order valence-corrected chi connectivity index (χ1v) is 9.04. The summed E-state index contributed by atoms with van der Waals surface area (Å²) in [4.78, 5) is 32.2. The van der Waals surface area contributed by atoms with Gasteiger partial charge in [0.2, 0.25) is 5.91 Å². The van der Waals surface area contributed by atoms with Gasteiger partial charge in [-0.3, -0.25) is 9.59 Å². The summed E-state index contributed by atoms with van der Waals surface area (Å²) in [6.07, 6.45) is 4.59. The Morgan fingerprint density at radius 1 is 1.28 bits per heavy atom. The van der Waals surface area contributed by atoms with E-state index in [0.717, 1.165) is 28.4 Å². The topological polar surface area (TPSA) is 99.4 Å². The van der Waals surface area contributed by atoms with Crippen molar-refractivity contribution in [1.29, 1.82) is 0 Å². The molecule has 0 aliphatic rings. The van der Waals surface area contributed by atoms with Crippen molar-refractivity contribution in [1.82, 2.24) is 14.9 Å². The molecule has 4 rings (SSSR count). The van der Waals surface area contributed by atoms with Crippen molar-refractivity contribution in [3.8, 4) is 5.75 Å². The van der Waals surface area contributed by atoms with Gasteiger partial charge in [-0.15, -0.1) is 0 Å². The van der Waals surface area contributed by atoms with E-state index < -0.39 is 5.56 Å². The van der Waals surface area contributed by atoms with Crippen LogP contribution < -0.4 is 5.56 Å². The van der Waals surface area contributed by atoms with Crippen LogP contribution in [0.5, 0.6) is 5.75 Å². The van der Waals surface area contributed by atoms with E-state index in [-0.39, 0.29) is 17.3 Å². The lowest BCUT2D eigenvalue weighted by atomic mass is 10.1. The number of nitrogens with zero attached hydrogens (tertiary/aromatic N) is 2. The minimum atomic E-state index is -0.426. The predicted molar refractivity (Wildman–Crippen MR) is 110 cm³/mol. The number of likely N-dealkylation sites (N-methyl/N-ethyl adjacent to an activating group) is 1. The second-order valence-electron chi connectivity index (χ2n) is 6.84. The maximum Gasteiger partial charge on any atom is 0.253 e. The summed E-state index contributed by atoms with van der Waals surface area (Å²) in [5.74, 6) is 0.454. The summed E-state index contributed by atoms with van der Waals surface area (Å²) >= 11 is 0. The van der Waals surface area contributed by atoms with Crippen LogP contribution in [0.3, 0.4) is 0 Å². The van der Waals surface area contributed by atoms with E-state index >= 15 is 0 Å². The molecule has 0 unspecified atom stereocenters. The maximum atomic E-state index is 12.6. The number of aromatic amines is 1. The Hall–Kier alpha value is -3.87. The monoisotopic (exact) mass is 389 g/mol. The van der Waals surface area contributed by atoms with E-state index in [1.54, 1.807) is 24.1 Å². The largest absolute Gasteiger partial charge is 0.507 e. The molecule has 3 heterocycles. The number of furan rings is 1. The van der Waals surface area contributed by atoms with Crippen molar-refractivity contribution in [3.63, 3.8) is 0 Å². The van der Waals surface area contributed by atoms with Crippen molar-refractivity contribution in [3.05, 3.63) is 75.9 Å². The smallest absolute Gasteiger partial charge is 0.253 e. The highest BCUT2D eigenvalue weighted by Crippen LogP contribution is 2.26. The third-order valence-corrected chi connectivity index (χ3v) is 4.78. The Bertz CT molecular complexity index is 1320. The molecule has 0 fully saturated rings. The number of aromatic nitrogens is 2. The molecule has 4 aromatic rings. The van der Waals surface area contributed by atoms with Crippen molar-refractivity contribution < 1.29 is 14.3 Å². The molecule has 29 heavy (non-hydrogen) atoms. The lowest BCUT2D eigenvalue weighted by Crippen LogP contribution is -2.24. The van der Waals surface area contributed by atoms with Crippen LogP contribution in [0.25, 0.3) is 28.1 Å². The molecular formula is C22H19N3O4. The number of benzene rings is 1. The molecule has 2 N–H and O–H groups in total. The Kier molecular flexibility index (Phi) is 4.64. The van der Waals surface area contributed by atoms with Gasteiger partial charge in [-0.1, -0.05) is 18.2 Å². The molecule has 0 aliphatic carbocycles. The SMILES string of the molecule is Cc1oc2ccccc2c1CN(C)C(=O)/C=C/c1cnc2[nH]c(=O)cc(O)c2c1. The first-order chi connectivity index (χ1) is 13.9. The molecule has 0 atom stereocenters. The first-order valence-electron chi connectivity index (χ1n) is 9.04. The van der Waals surface area contributed by atoms with E-state index in [9.17, 15) is 14.7 Å². The summed E-state index contributed by atoms with van der Waals surface area (Å²) in [7, 11) is 1.73. The summed E-state index contributed by atoms with van der Waals surface area (Å²) in [5, 5.41) is 11.3. The van der Waals surface area contributed by atoms with E-state index in [0.29, 0.717) is 17.5 Å². The van der Waals surface area contributed by atoms with E-state index in [2.05, 4.69) is 9.97 Å². The fourth-order valence-corrected chi connectivity index (χ4v) is 3.25. The molecule has 0 saturated heterocycles. The van der Waals surface area contributed by atoms with Crippen LogP contribution in [0, 0.1) is 6.92 Å². The number of aryl methyl sites for hydroxylation is 1. The van der Waals surface area contributed by atoms with Gasteiger partial charge in [0.15, 0.2) is 0 Å². The predicted octanol–water partition coefficient (Wildman–Crippen LogP) is 3.36. The molecule has 1 aromatic carbocycles. The zero-order valence-electron chi connectivity index (χ0n) is 16.0. The number of aromatic hydroxyl groups is 1. The summed E-state index contributed by atoms with van der Waals surface area (Å²) in [5.41, 5.74) is 2.27. The zero-order chi connectivity index (χ0) is 20.5. The molecular weight excluding hydrogens is 370 g/mol. The number of para-hydroxylation sites is 1. The van der Waals surface area contributed by atoms with Gasteiger partial charge in [0.1, 0.15) is 22.7 Å². The fraction of sp³-hybridized carbons (Fsp3) is 0.136. The highest BCUT2D eigenvalue weighted by molar-refractivity contribution is 5.93. The lowest BCUT2D eigenvalue weighted by Gasteiger charge is -2.15. The molecule has 0 saturated carbocycles. The maximum absolute atomic E-state index is 12.6. The van der Waals surface area contributed by atoms with Gasteiger partial charge in [-0.05, 0) is 30.7 Å². The minimum Gasteiger partial charge on any atom is -0.507 e. The van der Waals surface area contributed by atoms with Crippen molar-refractivity contribution >= 4 is 34.0 Å². The number of nitrogens with one attached hydrogen (secondary N) is 1. The van der Waals surface area contributed by atoms with Crippen molar-refractivity contribution in [2.75, 3.05) is 7.05 Å². The average molecular weight is 389 g/mol. The first kappa shape index (κ1) is 18.5. The average Bonchev–Trinajstić information content (AvgIpc) is 3.01. The van der Waals surface area contributed by atoms with Gasteiger partial charge >= 0.3 is 0 Å². The van der Waals surface area contributed by atoms with Gasteiger partial charge in [-0.2, -0.15) is 0 Å². The number of amides is 1. The third kappa shape index (κ3) is 3.62. The van der Waals surface area contributed by atoms with Crippen molar-refractivity contribution in [2.45, 2.75) is 13.5 Å². The molecule has 0 aliphatic heterocycles. The fourth-order valence-electron chi connectivity index (χ4n) is 3.25. The second kappa shape index (κ2) is 7.27. The molecule has 7 heteroatoms. The Labute approximate surface area is 165 Å². The number of carbonyl (C=O) groups is 1. The van der Waals surface area contributed by atoms with Crippen LogP contribution >= 0.6 is 0 Å². The van der Waals surface area contributed by atoms with Gasteiger partial charge < -0.3 is 19.4 Å². The number of carbonyl (C=O) groups excluding carboxylic acids is 1. The quantitative estimate of drug-likeness (QED) is 0.522.